The Kier molecular flexibility index (Phi) is 3.63. The van der Waals surface area contributed by atoms with Crippen LogP contribution in [-0.4, -0.2) is 23.2 Å². The Balaban J connectivity index is 1.97. The van der Waals surface area contributed by atoms with Crippen molar-refractivity contribution < 1.29 is 13.9 Å². The Morgan fingerprint density at radius 3 is 2.88 bits per heavy atom. The number of fused-ring (bicyclic) bond motifs is 1. The van der Waals surface area contributed by atoms with Crippen LogP contribution >= 0.6 is 0 Å². The predicted octanol–water partition coefficient (Wildman–Crippen LogP) is 3.58. The number of aliphatic imine (C=N–C) groups is 1. The highest BCUT2D eigenvalue weighted by Gasteiger charge is 2.49. The van der Waals surface area contributed by atoms with Crippen molar-refractivity contribution in [2.45, 2.75) is 32.7 Å². The van der Waals surface area contributed by atoms with Gasteiger partial charge in [0.15, 0.2) is 11.3 Å². The molecule has 6 heteroatoms. The molecule has 1 N–H and O–H groups in total. The van der Waals surface area contributed by atoms with Gasteiger partial charge in [0, 0.05) is 11.3 Å². The van der Waals surface area contributed by atoms with Gasteiger partial charge in [0.25, 0.3) is 0 Å². The number of aromatic amines is 1. The summed E-state index contributed by atoms with van der Waals surface area (Å²) >= 11 is 0. The van der Waals surface area contributed by atoms with Crippen LogP contribution in [0.3, 0.4) is 0 Å². The standard InChI is InChI=1S/C19H20FN3O2/c1-11(2)6-15-18-16(23-22-15)8-21-19(18,17-9-24-10-25-17)14-5-4-13(20)7-12(14)3/h4-5,7-9,11H,6,10H2,1-3H3,(H,22,23). The zero-order valence-corrected chi connectivity index (χ0v) is 14.5. The van der Waals surface area contributed by atoms with Gasteiger partial charge in [-0.2, -0.15) is 5.10 Å². The molecule has 2 aliphatic rings. The van der Waals surface area contributed by atoms with Crippen LogP contribution in [0.4, 0.5) is 4.39 Å². The van der Waals surface area contributed by atoms with E-state index in [1.807, 2.05) is 6.92 Å². The van der Waals surface area contributed by atoms with Crippen LogP contribution in [-0.2, 0) is 21.4 Å². The van der Waals surface area contributed by atoms with Crippen molar-refractivity contribution in [2.24, 2.45) is 10.9 Å². The second kappa shape index (κ2) is 5.72. The van der Waals surface area contributed by atoms with E-state index in [-0.39, 0.29) is 12.6 Å². The fourth-order valence-electron chi connectivity index (χ4n) is 3.66. The highest BCUT2D eigenvalue weighted by atomic mass is 19.1. The largest absolute Gasteiger partial charge is 0.461 e. The number of aryl methyl sites for hydroxylation is 1. The molecule has 0 saturated carbocycles. The lowest BCUT2D eigenvalue weighted by Crippen LogP contribution is -2.29. The van der Waals surface area contributed by atoms with E-state index in [4.69, 9.17) is 14.5 Å². The van der Waals surface area contributed by atoms with Crippen LogP contribution in [0.1, 0.15) is 41.9 Å². The van der Waals surface area contributed by atoms with Crippen LogP contribution in [0.5, 0.6) is 0 Å². The average molecular weight is 341 g/mol. The van der Waals surface area contributed by atoms with Gasteiger partial charge < -0.3 is 9.47 Å². The Hall–Kier alpha value is -2.63. The summed E-state index contributed by atoms with van der Waals surface area (Å²) in [6.07, 6.45) is 4.18. The summed E-state index contributed by atoms with van der Waals surface area (Å²) in [6, 6.07) is 4.74. The molecule has 3 heterocycles. The second-order valence-corrected chi connectivity index (χ2v) is 6.90. The third-order valence-electron chi connectivity index (χ3n) is 4.63. The molecule has 5 nitrogen and oxygen atoms in total. The van der Waals surface area contributed by atoms with Gasteiger partial charge in [0.2, 0.25) is 6.79 Å². The molecule has 1 aromatic heterocycles. The molecular formula is C19H20FN3O2. The van der Waals surface area contributed by atoms with E-state index in [1.54, 1.807) is 18.5 Å². The molecule has 0 saturated heterocycles. The molecule has 25 heavy (non-hydrogen) atoms. The fraction of sp³-hybridized carbons (Fsp3) is 0.368. The smallest absolute Gasteiger partial charge is 0.230 e. The van der Waals surface area contributed by atoms with Gasteiger partial charge in [0.05, 0.1) is 6.21 Å². The number of halogens is 1. The molecule has 0 bridgehead atoms. The minimum atomic E-state index is -0.888. The van der Waals surface area contributed by atoms with E-state index in [1.165, 1.54) is 12.1 Å². The molecule has 130 valence electrons. The summed E-state index contributed by atoms with van der Waals surface area (Å²) in [4.78, 5) is 4.80. The number of aromatic nitrogens is 2. The van der Waals surface area contributed by atoms with Crippen molar-refractivity contribution in [3.63, 3.8) is 0 Å². The summed E-state index contributed by atoms with van der Waals surface area (Å²) in [5, 5.41) is 7.56. The zero-order valence-electron chi connectivity index (χ0n) is 14.5. The van der Waals surface area contributed by atoms with Gasteiger partial charge in [0.1, 0.15) is 17.8 Å². The first-order valence-electron chi connectivity index (χ1n) is 8.37. The van der Waals surface area contributed by atoms with Crippen molar-refractivity contribution in [1.82, 2.24) is 10.2 Å². The van der Waals surface area contributed by atoms with E-state index in [0.29, 0.717) is 11.7 Å². The van der Waals surface area contributed by atoms with Crippen molar-refractivity contribution >= 4 is 6.21 Å². The fourth-order valence-corrected chi connectivity index (χ4v) is 3.66. The highest BCUT2D eigenvalue weighted by molar-refractivity contribution is 5.87. The van der Waals surface area contributed by atoms with Crippen molar-refractivity contribution in [2.75, 3.05) is 6.79 Å². The van der Waals surface area contributed by atoms with E-state index >= 15 is 0 Å². The molecule has 1 atom stereocenters. The molecule has 2 aliphatic heterocycles. The predicted molar refractivity (Wildman–Crippen MR) is 91.8 cm³/mol. The molecular weight excluding hydrogens is 321 g/mol. The molecule has 0 radical (unpaired) electrons. The van der Waals surface area contributed by atoms with Crippen LogP contribution in [0, 0.1) is 18.7 Å². The topological polar surface area (TPSA) is 59.5 Å². The normalized spacial score (nSPS) is 21.2. The van der Waals surface area contributed by atoms with E-state index in [2.05, 4.69) is 24.0 Å². The molecule has 1 unspecified atom stereocenters. The molecule has 0 spiro atoms. The van der Waals surface area contributed by atoms with Crippen molar-refractivity contribution in [3.8, 4) is 0 Å². The molecule has 0 amide bonds. The van der Waals surface area contributed by atoms with Crippen LogP contribution in [0.25, 0.3) is 0 Å². The quantitative estimate of drug-likeness (QED) is 0.925. The first-order chi connectivity index (χ1) is 12.0. The summed E-state index contributed by atoms with van der Waals surface area (Å²) in [7, 11) is 0. The van der Waals surface area contributed by atoms with Gasteiger partial charge in [-0.25, -0.2) is 4.39 Å². The molecule has 4 rings (SSSR count). The summed E-state index contributed by atoms with van der Waals surface area (Å²) in [5.41, 5.74) is 3.55. The van der Waals surface area contributed by atoms with E-state index in [0.717, 1.165) is 34.5 Å². The maximum Gasteiger partial charge on any atom is 0.230 e. The minimum absolute atomic E-state index is 0.152. The Labute approximate surface area is 145 Å². The van der Waals surface area contributed by atoms with Crippen molar-refractivity contribution in [3.05, 3.63) is 64.1 Å². The first-order valence-corrected chi connectivity index (χ1v) is 8.37. The minimum Gasteiger partial charge on any atom is -0.461 e. The Bertz CT molecular complexity index is 885. The van der Waals surface area contributed by atoms with E-state index in [9.17, 15) is 4.39 Å². The summed E-state index contributed by atoms with van der Waals surface area (Å²) in [6.45, 7) is 6.34. The maximum atomic E-state index is 13.7. The molecule has 0 fully saturated rings. The number of benzene rings is 1. The average Bonchev–Trinajstić information content (AvgIpc) is 3.26. The maximum absolute atomic E-state index is 13.7. The molecule has 1 aromatic carbocycles. The lowest BCUT2D eigenvalue weighted by Gasteiger charge is -2.29. The molecule has 0 aliphatic carbocycles. The SMILES string of the molecule is Cc1cc(F)ccc1C1(C2=COCO2)N=Cc2n[nH]c(CC(C)C)c21. The van der Waals surface area contributed by atoms with Crippen LogP contribution in [0.15, 0.2) is 35.2 Å². The van der Waals surface area contributed by atoms with Gasteiger partial charge >= 0.3 is 0 Å². The Morgan fingerprint density at radius 2 is 2.20 bits per heavy atom. The van der Waals surface area contributed by atoms with Crippen molar-refractivity contribution in [1.29, 1.82) is 0 Å². The lowest BCUT2D eigenvalue weighted by atomic mass is 9.79. The lowest BCUT2D eigenvalue weighted by molar-refractivity contribution is 0.0703. The number of hydrogen-bond acceptors (Lipinski definition) is 4. The van der Waals surface area contributed by atoms with Gasteiger partial charge in [-0.1, -0.05) is 19.9 Å². The monoisotopic (exact) mass is 341 g/mol. The third-order valence-corrected chi connectivity index (χ3v) is 4.63. The number of hydrogen-bond donors (Lipinski definition) is 1. The van der Waals surface area contributed by atoms with Crippen LogP contribution < -0.4 is 0 Å². The number of rotatable bonds is 4. The number of nitrogens with zero attached hydrogens (tertiary/aromatic N) is 2. The van der Waals surface area contributed by atoms with Crippen LogP contribution in [0.2, 0.25) is 0 Å². The third kappa shape index (κ3) is 2.35. The van der Waals surface area contributed by atoms with E-state index < -0.39 is 5.54 Å². The number of nitrogens with one attached hydrogen (secondary N) is 1. The summed E-state index contributed by atoms with van der Waals surface area (Å²) < 4.78 is 24.8. The first kappa shape index (κ1) is 15.9. The van der Waals surface area contributed by atoms with Gasteiger partial charge in [-0.15, -0.1) is 0 Å². The zero-order chi connectivity index (χ0) is 17.6. The number of ether oxygens (including phenoxy) is 2. The molecule has 2 aromatic rings. The summed E-state index contributed by atoms with van der Waals surface area (Å²) in [5.74, 6) is 0.779. The van der Waals surface area contributed by atoms with Gasteiger partial charge in [-0.3, -0.25) is 10.1 Å². The Morgan fingerprint density at radius 1 is 1.36 bits per heavy atom. The number of H-pyrrole nitrogens is 1. The highest BCUT2D eigenvalue weighted by Crippen LogP contribution is 2.48. The van der Waals surface area contributed by atoms with Gasteiger partial charge in [-0.05, 0) is 42.5 Å². The second-order valence-electron chi connectivity index (χ2n) is 6.90.